The summed E-state index contributed by atoms with van der Waals surface area (Å²) in [5.74, 6) is -1.02. The number of amides is 1. The molecular weight excluding hydrogens is 375 g/mol. The molecule has 0 saturated carbocycles. The van der Waals surface area contributed by atoms with Crippen LogP contribution in [0.25, 0.3) is 0 Å². The number of carbonyl (C=O) groups excluding carboxylic acids is 2. The van der Waals surface area contributed by atoms with Crippen LogP contribution in [0.1, 0.15) is 26.4 Å². The highest BCUT2D eigenvalue weighted by Gasteiger charge is 2.15. The van der Waals surface area contributed by atoms with Gasteiger partial charge < -0.3 is 15.4 Å². The molecule has 1 amide bonds. The molecule has 0 spiro atoms. The van der Waals surface area contributed by atoms with Gasteiger partial charge in [-0.2, -0.15) is 0 Å². The summed E-state index contributed by atoms with van der Waals surface area (Å²) in [4.78, 5) is 32.7. The van der Waals surface area contributed by atoms with E-state index in [0.717, 1.165) is 5.56 Å². The zero-order chi connectivity index (χ0) is 20.6. The predicted molar refractivity (Wildman–Crippen MR) is 106 cm³/mol. The van der Waals surface area contributed by atoms with E-state index < -0.39 is 11.9 Å². The van der Waals surface area contributed by atoms with Gasteiger partial charge in [0, 0.05) is 12.7 Å². The Bertz CT molecular complexity index is 1010. The first-order chi connectivity index (χ1) is 14.1. The van der Waals surface area contributed by atoms with E-state index >= 15 is 0 Å². The molecule has 8 heteroatoms. The summed E-state index contributed by atoms with van der Waals surface area (Å²) >= 11 is 0. The van der Waals surface area contributed by atoms with Crippen molar-refractivity contribution in [3.05, 3.63) is 83.4 Å². The van der Waals surface area contributed by atoms with E-state index in [2.05, 4.69) is 20.6 Å². The summed E-state index contributed by atoms with van der Waals surface area (Å²) in [5, 5.41) is 5.70. The third-order valence-corrected chi connectivity index (χ3v) is 4.08. The highest BCUT2D eigenvalue weighted by Crippen LogP contribution is 2.17. The van der Waals surface area contributed by atoms with Crippen LogP contribution in [0, 0.1) is 5.82 Å². The van der Waals surface area contributed by atoms with Crippen LogP contribution in [0.2, 0.25) is 0 Å². The van der Waals surface area contributed by atoms with Crippen molar-refractivity contribution in [2.75, 3.05) is 24.3 Å². The minimum Gasteiger partial charge on any atom is -0.465 e. The minimum absolute atomic E-state index is 0.143. The first kappa shape index (κ1) is 19.9. The first-order valence-electron chi connectivity index (χ1n) is 8.87. The lowest BCUT2D eigenvalue weighted by molar-refractivity contribution is 0.0602. The summed E-state index contributed by atoms with van der Waals surface area (Å²) in [7, 11) is 1.27. The molecule has 7 nitrogen and oxygen atoms in total. The topological polar surface area (TPSA) is 93.2 Å². The van der Waals surface area contributed by atoms with Gasteiger partial charge in [0.1, 0.15) is 11.5 Å². The number of ether oxygens (including phenoxy) is 1. The Morgan fingerprint density at radius 3 is 2.59 bits per heavy atom. The number of halogens is 1. The lowest BCUT2D eigenvalue weighted by atomic mass is 10.1. The van der Waals surface area contributed by atoms with Gasteiger partial charge in [-0.1, -0.05) is 24.3 Å². The SMILES string of the molecule is COC(=O)c1ccccc1NC(=O)c1ccnc(NCCc2ccc(F)cc2)n1. The number of para-hydroxylation sites is 1. The highest BCUT2D eigenvalue weighted by molar-refractivity contribution is 6.07. The molecule has 2 aromatic carbocycles. The van der Waals surface area contributed by atoms with Crippen molar-refractivity contribution in [3.8, 4) is 0 Å². The monoisotopic (exact) mass is 394 g/mol. The van der Waals surface area contributed by atoms with E-state index in [4.69, 9.17) is 4.74 Å². The van der Waals surface area contributed by atoms with Crippen LogP contribution >= 0.6 is 0 Å². The smallest absolute Gasteiger partial charge is 0.339 e. The number of nitrogens with one attached hydrogen (secondary N) is 2. The highest BCUT2D eigenvalue weighted by atomic mass is 19.1. The van der Waals surface area contributed by atoms with Gasteiger partial charge in [-0.05, 0) is 42.3 Å². The molecule has 3 aromatic rings. The number of esters is 1. The number of benzene rings is 2. The van der Waals surface area contributed by atoms with E-state index in [1.807, 2.05) is 0 Å². The lowest BCUT2D eigenvalue weighted by Gasteiger charge is -2.10. The van der Waals surface area contributed by atoms with Crippen molar-refractivity contribution >= 4 is 23.5 Å². The maximum Gasteiger partial charge on any atom is 0.339 e. The maximum absolute atomic E-state index is 12.9. The number of hydrogen-bond acceptors (Lipinski definition) is 6. The molecule has 0 aliphatic heterocycles. The predicted octanol–water partition coefficient (Wildman–Crippen LogP) is 3.31. The molecule has 0 aliphatic carbocycles. The molecule has 1 heterocycles. The van der Waals surface area contributed by atoms with Crippen LogP contribution < -0.4 is 10.6 Å². The van der Waals surface area contributed by atoms with Crippen LogP contribution in [-0.2, 0) is 11.2 Å². The molecular formula is C21H19FN4O3. The van der Waals surface area contributed by atoms with Gasteiger partial charge in [0.15, 0.2) is 0 Å². The fraction of sp³-hybridized carbons (Fsp3) is 0.143. The average Bonchev–Trinajstić information content (AvgIpc) is 2.75. The number of carbonyl (C=O) groups is 2. The Morgan fingerprint density at radius 1 is 1.07 bits per heavy atom. The second kappa shape index (κ2) is 9.41. The third kappa shape index (κ3) is 5.35. The summed E-state index contributed by atoms with van der Waals surface area (Å²) in [5.41, 5.74) is 1.68. The molecule has 0 radical (unpaired) electrons. The average molecular weight is 394 g/mol. The molecule has 0 bridgehead atoms. The van der Waals surface area contributed by atoms with Crippen molar-refractivity contribution in [3.63, 3.8) is 0 Å². The van der Waals surface area contributed by atoms with E-state index in [-0.39, 0.29) is 17.1 Å². The summed E-state index contributed by atoms with van der Waals surface area (Å²) in [6, 6.07) is 14.2. The molecule has 148 valence electrons. The number of rotatable bonds is 7. The number of hydrogen-bond donors (Lipinski definition) is 2. The van der Waals surface area contributed by atoms with E-state index in [0.29, 0.717) is 24.6 Å². The van der Waals surface area contributed by atoms with E-state index in [1.165, 1.54) is 31.5 Å². The normalized spacial score (nSPS) is 10.3. The van der Waals surface area contributed by atoms with Crippen LogP contribution in [0.15, 0.2) is 60.8 Å². The van der Waals surface area contributed by atoms with Crippen molar-refractivity contribution in [1.82, 2.24) is 9.97 Å². The Balaban J connectivity index is 1.64. The summed E-state index contributed by atoms with van der Waals surface area (Å²) < 4.78 is 17.7. The fourth-order valence-electron chi connectivity index (χ4n) is 2.61. The minimum atomic E-state index is -0.549. The largest absolute Gasteiger partial charge is 0.465 e. The van der Waals surface area contributed by atoms with Crippen LogP contribution in [0.4, 0.5) is 16.0 Å². The second-order valence-corrected chi connectivity index (χ2v) is 6.06. The Labute approximate surface area is 167 Å². The van der Waals surface area contributed by atoms with Crippen LogP contribution in [0.5, 0.6) is 0 Å². The molecule has 0 saturated heterocycles. The first-order valence-corrected chi connectivity index (χ1v) is 8.87. The Morgan fingerprint density at radius 2 is 1.83 bits per heavy atom. The Kier molecular flexibility index (Phi) is 6.47. The molecule has 0 atom stereocenters. The summed E-state index contributed by atoms with van der Waals surface area (Å²) in [6.45, 7) is 0.516. The van der Waals surface area contributed by atoms with Crippen molar-refractivity contribution < 1.29 is 18.7 Å². The quantitative estimate of drug-likeness (QED) is 0.597. The molecule has 1 aromatic heterocycles. The molecule has 3 rings (SSSR count). The van der Waals surface area contributed by atoms with E-state index in [1.54, 1.807) is 36.4 Å². The van der Waals surface area contributed by atoms with Gasteiger partial charge in [-0.15, -0.1) is 0 Å². The zero-order valence-electron chi connectivity index (χ0n) is 15.7. The lowest BCUT2D eigenvalue weighted by Crippen LogP contribution is -2.18. The van der Waals surface area contributed by atoms with Gasteiger partial charge in [0.2, 0.25) is 5.95 Å². The van der Waals surface area contributed by atoms with Gasteiger partial charge in [-0.25, -0.2) is 19.2 Å². The standard InChI is InChI=1S/C21H19FN4O3/c1-29-20(28)16-4-2-3-5-17(16)25-19(27)18-11-13-24-21(26-18)23-12-10-14-6-8-15(22)9-7-14/h2-9,11,13H,10,12H2,1H3,(H,25,27)(H,23,24,26). The molecule has 2 N–H and O–H groups in total. The number of aromatic nitrogens is 2. The van der Waals surface area contributed by atoms with Gasteiger partial charge in [0.25, 0.3) is 5.91 Å². The van der Waals surface area contributed by atoms with Gasteiger partial charge >= 0.3 is 5.97 Å². The number of nitrogens with zero attached hydrogens (tertiary/aromatic N) is 2. The molecule has 0 unspecified atom stereocenters. The van der Waals surface area contributed by atoms with Crippen molar-refractivity contribution in [1.29, 1.82) is 0 Å². The number of methoxy groups -OCH3 is 1. The fourth-order valence-corrected chi connectivity index (χ4v) is 2.61. The van der Waals surface area contributed by atoms with Crippen molar-refractivity contribution in [2.45, 2.75) is 6.42 Å². The van der Waals surface area contributed by atoms with Gasteiger partial charge in [0.05, 0.1) is 18.4 Å². The van der Waals surface area contributed by atoms with Gasteiger partial charge in [-0.3, -0.25) is 4.79 Å². The van der Waals surface area contributed by atoms with Crippen LogP contribution in [0.3, 0.4) is 0 Å². The maximum atomic E-state index is 12.9. The van der Waals surface area contributed by atoms with E-state index in [9.17, 15) is 14.0 Å². The zero-order valence-corrected chi connectivity index (χ0v) is 15.7. The molecule has 0 aliphatic rings. The summed E-state index contributed by atoms with van der Waals surface area (Å²) in [6.07, 6.45) is 2.11. The second-order valence-electron chi connectivity index (χ2n) is 6.06. The Hall–Kier alpha value is -3.81. The third-order valence-electron chi connectivity index (χ3n) is 4.08. The number of anilines is 2. The molecule has 0 fully saturated rings. The molecule has 29 heavy (non-hydrogen) atoms. The van der Waals surface area contributed by atoms with Crippen molar-refractivity contribution in [2.24, 2.45) is 0 Å². The van der Waals surface area contributed by atoms with Crippen LogP contribution in [-0.4, -0.2) is 35.5 Å².